The first-order chi connectivity index (χ1) is 19.4. The molecule has 7 nitrogen and oxygen atoms in total. The van der Waals surface area contributed by atoms with Crippen molar-refractivity contribution < 1.29 is 28.7 Å². The molecule has 0 bridgehead atoms. The molecule has 3 aromatic rings. The second kappa shape index (κ2) is 11.4. The molecule has 0 unspecified atom stereocenters. The van der Waals surface area contributed by atoms with Crippen molar-refractivity contribution in [3.05, 3.63) is 99.5 Å². The van der Waals surface area contributed by atoms with E-state index in [1.165, 1.54) is 0 Å². The molecule has 1 fully saturated rings. The molecule has 0 spiro atoms. The summed E-state index contributed by atoms with van der Waals surface area (Å²) in [7, 11) is -0.729. The van der Waals surface area contributed by atoms with Gasteiger partial charge in [-0.1, -0.05) is 72.3 Å². The normalized spacial score (nSPS) is 17.2. The highest BCUT2D eigenvalue weighted by Crippen LogP contribution is 2.44. The number of amides is 1. The number of rotatable bonds is 8. The van der Waals surface area contributed by atoms with Crippen molar-refractivity contribution >= 4 is 36.9 Å². The Kier molecular flexibility index (Phi) is 8.01. The number of benzene rings is 3. The number of ether oxygens (including phenoxy) is 1. The monoisotopic (exact) mass is 573 g/mol. The highest BCUT2D eigenvalue weighted by molar-refractivity contribution is 6.56. The van der Waals surface area contributed by atoms with Crippen LogP contribution in [-0.2, 0) is 25.3 Å². The minimum atomic E-state index is -0.976. The Morgan fingerprint density at radius 3 is 2.15 bits per heavy atom. The van der Waals surface area contributed by atoms with E-state index in [9.17, 15) is 14.7 Å². The molecule has 212 valence electrons. The van der Waals surface area contributed by atoms with E-state index in [2.05, 4.69) is 29.6 Å². The van der Waals surface area contributed by atoms with Gasteiger partial charge in [-0.05, 0) is 78.7 Å². The summed E-state index contributed by atoms with van der Waals surface area (Å²) in [6.45, 7) is 8.12. The van der Waals surface area contributed by atoms with Gasteiger partial charge in [0, 0.05) is 17.5 Å². The van der Waals surface area contributed by atoms with Gasteiger partial charge in [-0.25, -0.2) is 4.79 Å². The van der Waals surface area contributed by atoms with E-state index in [-0.39, 0.29) is 25.5 Å². The standard InChI is InChI=1S/C32H33BClNO6/c1-31(2)32(3,4)41-33(40-31)22(16-20-13-14-28(34)21(15-20)17-29(36)37)18-35-30(38)39-19-27-25-11-7-5-9-23(25)24-10-6-8-12-26(24)27/h5-16,27H,17-19H2,1-4H3,(H,35,38)(H,36,37). The van der Waals surface area contributed by atoms with Gasteiger partial charge in [-0.15, -0.1) is 0 Å². The average Bonchev–Trinajstić information content (AvgIpc) is 3.35. The molecule has 5 rings (SSSR count). The number of carbonyl (C=O) groups is 2. The predicted molar refractivity (Wildman–Crippen MR) is 160 cm³/mol. The minimum Gasteiger partial charge on any atom is -0.481 e. The molecule has 1 heterocycles. The largest absolute Gasteiger partial charge is 0.492 e. The van der Waals surface area contributed by atoms with Crippen LogP contribution in [0.15, 0.2) is 72.2 Å². The number of carbonyl (C=O) groups excluding carboxylic acids is 1. The Morgan fingerprint density at radius 2 is 1.56 bits per heavy atom. The van der Waals surface area contributed by atoms with Gasteiger partial charge in [0.05, 0.1) is 17.6 Å². The van der Waals surface area contributed by atoms with E-state index in [1.54, 1.807) is 18.2 Å². The van der Waals surface area contributed by atoms with Gasteiger partial charge in [0.15, 0.2) is 0 Å². The average molecular weight is 574 g/mol. The topological polar surface area (TPSA) is 94.1 Å². The molecule has 0 saturated carbocycles. The number of halogens is 1. The smallest absolute Gasteiger partial charge is 0.481 e. The molecule has 1 saturated heterocycles. The van der Waals surface area contributed by atoms with Gasteiger partial charge >= 0.3 is 19.2 Å². The fraction of sp³-hybridized carbons (Fsp3) is 0.312. The zero-order valence-electron chi connectivity index (χ0n) is 23.6. The first-order valence-electron chi connectivity index (χ1n) is 13.6. The van der Waals surface area contributed by atoms with E-state index in [0.717, 1.165) is 22.3 Å². The van der Waals surface area contributed by atoms with Crippen LogP contribution in [-0.4, -0.2) is 48.6 Å². The Hall–Kier alpha value is -3.59. The maximum Gasteiger partial charge on any atom is 0.492 e. The summed E-state index contributed by atoms with van der Waals surface area (Å²) in [4.78, 5) is 24.2. The van der Waals surface area contributed by atoms with Gasteiger partial charge in [-0.3, -0.25) is 4.79 Å². The van der Waals surface area contributed by atoms with E-state index in [4.69, 9.17) is 25.6 Å². The molecular formula is C32H33BClNO6. The summed E-state index contributed by atoms with van der Waals surface area (Å²) in [5.41, 5.74) is 5.28. The van der Waals surface area contributed by atoms with Crippen LogP contribution in [0.5, 0.6) is 0 Å². The Bertz CT molecular complexity index is 1460. The quantitative estimate of drug-likeness (QED) is 0.298. The van der Waals surface area contributed by atoms with Crippen molar-refractivity contribution in [1.29, 1.82) is 0 Å². The highest BCUT2D eigenvalue weighted by Gasteiger charge is 2.52. The van der Waals surface area contributed by atoms with Crippen LogP contribution >= 0.6 is 11.6 Å². The van der Waals surface area contributed by atoms with Crippen LogP contribution in [0.1, 0.15) is 55.9 Å². The third-order valence-electron chi connectivity index (χ3n) is 8.10. The summed E-state index contributed by atoms with van der Waals surface area (Å²) in [5.74, 6) is -1.02. The molecule has 0 radical (unpaired) electrons. The lowest BCUT2D eigenvalue weighted by atomic mass is 9.77. The molecule has 2 N–H and O–H groups in total. The zero-order chi connectivity index (χ0) is 29.4. The second-order valence-electron chi connectivity index (χ2n) is 11.4. The molecule has 9 heteroatoms. The van der Waals surface area contributed by atoms with E-state index in [1.807, 2.05) is 58.0 Å². The minimum absolute atomic E-state index is 0.0482. The number of carboxylic acid groups (broad SMARTS) is 1. The third kappa shape index (κ3) is 6.05. The maximum atomic E-state index is 12.9. The van der Waals surface area contributed by atoms with Crippen LogP contribution in [0, 0.1) is 0 Å². The van der Waals surface area contributed by atoms with Gasteiger partial charge in [0.2, 0.25) is 0 Å². The molecule has 1 amide bonds. The van der Waals surface area contributed by atoms with Crippen LogP contribution < -0.4 is 5.32 Å². The predicted octanol–water partition coefficient (Wildman–Crippen LogP) is 6.52. The molecule has 41 heavy (non-hydrogen) atoms. The second-order valence-corrected chi connectivity index (χ2v) is 11.8. The van der Waals surface area contributed by atoms with Gasteiger partial charge in [-0.2, -0.15) is 0 Å². The lowest BCUT2D eigenvalue weighted by Gasteiger charge is -2.32. The Labute approximate surface area is 245 Å². The summed E-state index contributed by atoms with van der Waals surface area (Å²) < 4.78 is 18.3. The fourth-order valence-electron chi connectivity index (χ4n) is 5.22. The van der Waals surface area contributed by atoms with Crippen LogP contribution in [0.2, 0.25) is 5.02 Å². The Balaban J connectivity index is 1.33. The van der Waals surface area contributed by atoms with Gasteiger partial charge < -0.3 is 24.5 Å². The summed E-state index contributed by atoms with van der Waals surface area (Å²) in [6, 6.07) is 21.5. The van der Waals surface area contributed by atoms with Crippen molar-refractivity contribution in [1.82, 2.24) is 5.32 Å². The van der Waals surface area contributed by atoms with Crippen LogP contribution in [0.4, 0.5) is 4.79 Å². The van der Waals surface area contributed by atoms with Crippen molar-refractivity contribution in [3.63, 3.8) is 0 Å². The van der Waals surface area contributed by atoms with Crippen molar-refractivity contribution in [3.8, 4) is 11.1 Å². The number of hydrogen-bond acceptors (Lipinski definition) is 5. The number of aliphatic carboxylic acids is 1. The lowest BCUT2D eigenvalue weighted by molar-refractivity contribution is -0.136. The lowest BCUT2D eigenvalue weighted by Crippen LogP contribution is -2.41. The van der Waals surface area contributed by atoms with Gasteiger partial charge in [0.1, 0.15) is 6.61 Å². The Morgan fingerprint density at radius 1 is 0.976 bits per heavy atom. The van der Waals surface area contributed by atoms with E-state index < -0.39 is 30.4 Å². The van der Waals surface area contributed by atoms with E-state index >= 15 is 0 Å². The van der Waals surface area contributed by atoms with Crippen molar-refractivity contribution in [2.75, 3.05) is 13.2 Å². The highest BCUT2D eigenvalue weighted by atomic mass is 35.5. The molecule has 2 aliphatic rings. The van der Waals surface area contributed by atoms with Crippen LogP contribution in [0.3, 0.4) is 0 Å². The summed E-state index contributed by atoms with van der Waals surface area (Å²) >= 11 is 6.23. The SMILES string of the molecule is CC1(C)OB(C(=Cc2ccc(Cl)c(CC(=O)O)c2)CNC(=O)OCC2c3ccccc3-c3ccccc32)OC1(C)C. The number of carboxylic acids is 1. The third-order valence-corrected chi connectivity index (χ3v) is 8.47. The van der Waals surface area contributed by atoms with Crippen LogP contribution in [0.25, 0.3) is 17.2 Å². The van der Waals surface area contributed by atoms with E-state index in [0.29, 0.717) is 21.6 Å². The summed E-state index contributed by atoms with van der Waals surface area (Å²) in [6.07, 6.45) is 1.06. The molecule has 3 aromatic carbocycles. The number of hydrogen-bond donors (Lipinski definition) is 2. The molecule has 0 aromatic heterocycles. The first kappa shape index (κ1) is 28.9. The summed E-state index contributed by atoms with van der Waals surface area (Å²) in [5, 5.41) is 12.5. The maximum absolute atomic E-state index is 12.9. The van der Waals surface area contributed by atoms with Crippen molar-refractivity contribution in [2.45, 2.75) is 51.2 Å². The molecule has 1 aliphatic carbocycles. The number of fused-ring (bicyclic) bond motifs is 3. The first-order valence-corrected chi connectivity index (χ1v) is 14.0. The number of alkyl carbamates (subject to hydrolysis) is 1. The molecule has 0 atom stereocenters. The zero-order valence-corrected chi connectivity index (χ0v) is 24.3. The molecule has 1 aliphatic heterocycles. The van der Waals surface area contributed by atoms with Crippen molar-refractivity contribution in [2.24, 2.45) is 0 Å². The molecular weight excluding hydrogens is 541 g/mol. The number of nitrogens with one attached hydrogen (secondary N) is 1. The van der Waals surface area contributed by atoms with Gasteiger partial charge in [0.25, 0.3) is 0 Å². The fourth-order valence-corrected chi connectivity index (χ4v) is 5.40.